The Morgan fingerprint density at radius 1 is 0.531 bits per heavy atom. The molecular formula is C21H51Cl2N5O2P2. The first-order valence-electron chi connectivity index (χ1n) is 12.3. The van der Waals surface area contributed by atoms with Crippen molar-refractivity contribution in [1.82, 2.24) is 24.0 Å². The van der Waals surface area contributed by atoms with Crippen LogP contribution in [0.25, 0.3) is 0 Å². The van der Waals surface area contributed by atoms with Gasteiger partial charge in [-0.15, -0.1) is 0 Å². The summed E-state index contributed by atoms with van der Waals surface area (Å²) in [5, 5.41) is 3.11. The SMILES string of the molecule is CCN(CC)P(=O)(N(CC)CC)C(Cl)(Cl)P(=O)(N(CC)CC)N(CC)CC.CCNCC. The largest absolute Gasteiger partial charge is 0.317 e. The van der Waals surface area contributed by atoms with E-state index >= 15 is 0 Å². The van der Waals surface area contributed by atoms with Crippen LogP contribution in [-0.2, 0) is 9.13 Å². The van der Waals surface area contributed by atoms with E-state index in [4.69, 9.17) is 23.2 Å². The van der Waals surface area contributed by atoms with E-state index in [0.29, 0.717) is 52.4 Å². The van der Waals surface area contributed by atoms with Crippen molar-refractivity contribution in [3.8, 4) is 0 Å². The fourth-order valence-corrected chi connectivity index (χ4v) is 14.5. The van der Waals surface area contributed by atoms with E-state index in [1.807, 2.05) is 55.4 Å². The highest BCUT2D eigenvalue weighted by atomic mass is 35.5. The maximum atomic E-state index is 14.6. The molecule has 0 aromatic heterocycles. The lowest BCUT2D eigenvalue weighted by Gasteiger charge is -2.50. The Balaban J connectivity index is 0. The summed E-state index contributed by atoms with van der Waals surface area (Å²) in [5.74, 6) is 0. The predicted octanol–water partition coefficient (Wildman–Crippen LogP) is 6.44. The minimum Gasteiger partial charge on any atom is -0.317 e. The number of halogens is 2. The van der Waals surface area contributed by atoms with Crippen molar-refractivity contribution >= 4 is 38.1 Å². The van der Waals surface area contributed by atoms with Crippen LogP contribution in [-0.4, -0.2) is 87.9 Å². The molecule has 0 rings (SSSR count). The normalized spacial score (nSPS) is 13.2. The Labute approximate surface area is 209 Å². The summed E-state index contributed by atoms with van der Waals surface area (Å²) in [6.07, 6.45) is 0. The van der Waals surface area contributed by atoms with Crippen LogP contribution in [0.2, 0.25) is 0 Å². The molecule has 0 saturated heterocycles. The van der Waals surface area contributed by atoms with Crippen LogP contribution in [0, 0.1) is 0 Å². The van der Waals surface area contributed by atoms with E-state index < -0.39 is 18.7 Å². The summed E-state index contributed by atoms with van der Waals surface area (Å²) in [5.41, 5.74) is 0. The second-order valence-corrected chi connectivity index (χ2v) is 15.6. The van der Waals surface area contributed by atoms with Gasteiger partial charge < -0.3 is 5.32 Å². The van der Waals surface area contributed by atoms with E-state index in [-0.39, 0.29) is 0 Å². The smallest absolute Gasteiger partial charge is 0.274 e. The van der Waals surface area contributed by atoms with Crippen molar-refractivity contribution in [3.63, 3.8) is 0 Å². The summed E-state index contributed by atoms with van der Waals surface area (Å²) in [6, 6.07) is 0. The Kier molecular flexibility index (Phi) is 18.9. The van der Waals surface area contributed by atoms with Crippen LogP contribution in [0.4, 0.5) is 0 Å². The first-order chi connectivity index (χ1) is 15.0. The molecule has 11 heteroatoms. The molecule has 0 amide bonds. The third kappa shape index (κ3) is 7.42. The van der Waals surface area contributed by atoms with Crippen molar-refractivity contribution < 1.29 is 9.13 Å². The molecule has 7 nitrogen and oxygen atoms in total. The predicted molar refractivity (Wildman–Crippen MR) is 146 cm³/mol. The minimum absolute atomic E-state index is 0.516. The zero-order chi connectivity index (χ0) is 25.6. The van der Waals surface area contributed by atoms with Gasteiger partial charge in [0, 0.05) is 52.4 Å². The summed E-state index contributed by atoms with van der Waals surface area (Å²) >= 11 is 14.1. The molecule has 0 atom stereocenters. The standard InChI is InChI=1S/C17H40Cl2N4O2P2.C4H11N/c1-9-20(10-2)26(24,21(11-3)12-4)17(18,19)27(25,22(13-5)14-6)23(15-7)16-8;1-3-5-4-2/h9-16H2,1-8H3;5H,3-4H2,1-2H3. The average Bonchev–Trinajstić information content (AvgIpc) is 2.77. The number of nitrogens with one attached hydrogen (secondary N) is 1. The van der Waals surface area contributed by atoms with E-state index in [2.05, 4.69) is 19.2 Å². The highest BCUT2D eigenvalue weighted by molar-refractivity contribution is 7.84. The molecule has 0 unspecified atom stereocenters. The van der Waals surface area contributed by atoms with Gasteiger partial charge in [0.05, 0.1) is 0 Å². The summed E-state index contributed by atoms with van der Waals surface area (Å²) in [6.45, 7) is 26.0. The third-order valence-corrected chi connectivity index (χ3v) is 16.6. The lowest BCUT2D eigenvalue weighted by molar-refractivity contribution is 0.338. The molecule has 32 heavy (non-hydrogen) atoms. The molecule has 0 heterocycles. The Morgan fingerprint density at radius 2 is 0.719 bits per heavy atom. The molecule has 0 bridgehead atoms. The second-order valence-electron chi connectivity index (χ2n) is 7.11. The lowest BCUT2D eigenvalue weighted by Crippen LogP contribution is -2.46. The molecule has 0 aromatic rings. The van der Waals surface area contributed by atoms with Crippen molar-refractivity contribution in [1.29, 1.82) is 0 Å². The van der Waals surface area contributed by atoms with Gasteiger partial charge in [-0.3, -0.25) is 9.13 Å². The molecule has 0 aliphatic rings. The number of alkyl halides is 2. The lowest BCUT2D eigenvalue weighted by atomic mass is 10.7. The fraction of sp³-hybridized carbons (Fsp3) is 1.00. The van der Waals surface area contributed by atoms with E-state index in [0.717, 1.165) is 13.1 Å². The van der Waals surface area contributed by atoms with Gasteiger partial charge in [0.15, 0.2) is 0 Å². The topological polar surface area (TPSA) is 59.1 Å². The van der Waals surface area contributed by atoms with E-state index in [1.54, 1.807) is 18.7 Å². The van der Waals surface area contributed by atoms with Gasteiger partial charge >= 0.3 is 0 Å². The Bertz CT molecular complexity index is 490. The number of hydrogen-bond acceptors (Lipinski definition) is 3. The number of rotatable bonds is 16. The molecule has 0 saturated carbocycles. The first-order valence-corrected chi connectivity index (χ1v) is 16.3. The Morgan fingerprint density at radius 3 is 0.812 bits per heavy atom. The summed E-state index contributed by atoms with van der Waals surface area (Å²) in [4.78, 5) is 0. The maximum absolute atomic E-state index is 14.6. The van der Waals surface area contributed by atoms with E-state index in [9.17, 15) is 9.13 Å². The van der Waals surface area contributed by atoms with Gasteiger partial charge in [0.25, 0.3) is 18.7 Å². The van der Waals surface area contributed by atoms with Crippen LogP contribution >= 0.6 is 38.1 Å². The average molecular weight is 539 g/mol. The maximum Gasteiger partial charge on any atom is 0.274 e. The molecule has 1 N–H and O–H groups in total. The molecular weight excluding hydrogens is 487 g/mol. The van der Waals surface area contributed by atoms with Crippen molar-refractivity contribution in [3.05, 3.63) is 0 Å². The molecule has 0 aliphatic heterocycles. The van der Waals surface area contributed by atoms with Crippen LogP contribution in [0.15, 0.2) is 0 Å². The van der Waals surface area contributed by atoms with Gasteiger partial charge in [-0.1, -0.05) is 92.4 Å². The fourth-order valence-electron chi connectivity index (χ4n) is 3.89. The van der Waals surface area contributed by atoms with Crippen molar-refractivity contribution in [2.24, 2.45) is 0 Å². The zero-order valence-corrected chi connectivity index (χ0v) is 25.6. The monoisotopic (exact) mass is 537 g/mol. The van der Waals surface area contributed by atoms with E-state index in [1.165, 1.54) is 0 Å². The first kappa shape index (κ1) is 35.0. The molecule has 0 aliphatic carbocycles. The Hall–Kier alpha value is 0.840. The highest BCUT2D eigenvalue weighted by Gasteiger charge is 2.66. The van der Waals surface area contributed by atoms with Gasteiger partial charge in [-0.25, -0.2) is 18.7 Å². The number of hydrogen-bond donors (Lipinski definition) is 1. The molecule has 0 spiro atoms. The third-order valence-electron chi connectivity index (χ3n) is 5.65. The van der Waals surface area contributed by atoms with Gasteiger partial charge in [-0.05, 0) is 13.1 Å². The van der Waals surface area contributed by atoms with Gasteiger partial charge in [0.2, 0.25) is 0 Å². The van der Waals surface area contributed by atoms with Crippen LogP contribution in [0.3, 0.4) is 0 Å². The van der Waals surface area contributed by atoms with Crippen LogP contribution < -0.4 is 5.32 Å². The molecule has 0 fully saturated rings. The zero-order valence-electron chi connectivity index (χ0n) is 22.3. The van der Waals surface area contributed by atoms with Crippen LogP contribution in [0.5, 0.6) is 0 Å². The second kappa shape index (κ2) is 17.3. The minimum atomic E-state index is -3.57. The van der Waals surface area contributed by atoms with Gasteiger partial charge in [-0.2, -0.15) is 0 Å². The van der Waals surface area contributed by atoms with Gasteiger partial charge in [0.1, 0.15) is 0 Å². The molecule has 0 aromatic carbocycles. The quantitative estimate of drug-likeness (QED) is 0.179. The van der Waals surface area contributed by atoms with Crippen molar-refractivity contribution in [2.75, 3.05) is 65.4 Å². The molecule has 0 radical (unpaired) electrons. The number of nitrogens with zero attached hydrogens (tertiary/aromatic N) is 4. The summed E-state index contributed by atoms with van der Waals surface area (Å²) in [7, 11) is -7.15. The molecule has 196 valence electrons. The van der Waals surface area contributed by atoms with Crippen molar-refractivity contribution in [2.45, 2.75) is 73.1 Å². The summed E-state index contributed by atoms with van der Waals surface area (Å²) < 4.78 is 34.6. The van der Waals surface area contributed by atoms with Crippen LogP contribution in [0.1, 0.15) is 69.2 Å². The highest BCUT2D eigenvalue weighted by Crippen LogP contribution is 2.83.